The van der Waals surface area contributed by atoms with Gasteiger partial charge in [-0.15, -0.1) is 0 Å². The lowest BCUT2D eigenvalue weighted by Crippen LogP contribution is -2.45. The molecular weight excluding hydrogens is 346 g/mol. The van der Waals surface area contributed by atoms with Crippen LogP contribution in [-0.2, 0) is 10.0 Å². The molecule has 25 heavy (non-hydrogen) atoms. The van der Waals surface area contributed by atoms with Crippen LogP contribution >= 0.6 is 0 Å². The number of nitro benzene ring substituents is 1. The number of nitrogens with zero attached hydrogens (tertiary/aromatic N) is 2. The number of hydrogen-bond donors (Lipinski definition) is 3. The standard InChI is InChI=1S/C15H21N5O4S/c1-16-15(19-12-5-2-3-6-12)17-9-10-18-25(23,24)14-8-4-7-13(11-14)20(21)22/h2-4,7-8,11-12,18H,5-6,9-10H2,1H3,(H2,16,17,19). The Labute approximate surface area is 146 Å². The van der Waals surface area contributed by atoms with Crippen LogP contribution in [0.4, 0.5) is 5.69 Å². The van der Waals surface area contributed by atoms with Crippen LogP contribution in [0.5, 0.6) is 0 Å². The molecule has 1 aromatic carbocycles. The van der Waals surface area contributed by atoms with Crippen LogP contribution in [-0.4, -0.2) is 45.5 Å². The second kappa shape index (κ2) is 8.58. The van der Waals surface area contributed by atoms with Gasteiger partial charge in [-0.3, -0.25) is 15.1 Å². The van der Waals surface area contributed by atoms with Crippen LogP contribution in [0.25, 0.3) is 0 Å². The molecule has 0 unspecified atom stereocenters. The van der Waals surface area contributed by atoms with Gasteiger partial charge in [-0.05, 0) is 18.9 Å². The zero-order valence-electron chi connectivity index (χ0n) is 13.8. The number of rotatable bonds is 7. The highest BCUT2D eigenvalue weighted by Crippen LogP contribution is 2.16. The molecular formula is C15H21N5O4S. The Morgan fingerprint density at radius 1 is 1.32 bits per heavy atom. The van der Waals surface area contributed by atoms with E-state index in [0.717, 1.165) is 18.9 Å². The number of sulfonamides is 1. The van der Waals surface area contributed by atoms with Crippen molar-refractivity contribution in [1.29, 1.82) is 0 Å². The molecule has 1 aromatic rings. The molecule has 3 N–H and O–H groups in total. The highest BCUT2D eigenvalue weighted by Gasteiger charge is 2.17. The average Bonchev–Trinajstić information content (AvgIpc) is 3.10. The zero-order chi connectivity index (χ0) is 18.3. The molecule has 136 valence electrons. The van der Waals surface area contributed by atoms with Crippen LogP contribution in [0.3, 0.4) is 0 Å². The van der Waals surface area contributed by atoms with Gasteiger partial charge >= 0.3 is 0 Å². The van der Waals surface area contributed by atoms with Crippen molar-refractivity contribution in [2.45, 2.75) is 23.8 Å². The Kier molecular flexibility index (Phi) is 6.48. The van der Waals surface area contributed by atoms with Crippen LogP contribution in [0.1, 0.15) is 12.8 Å². The predicted octanol–water partition coefficient (Wildman–Crippen LogP) is 0.757. The molecule has 9 nitrogen and oxygen atoms in total. The summed E-state index contributed by atoms with van der Waals surface area (Å²) in [5.41, 5.74) is -0.268. The van der Waals surface area contributed by atoms with E-state index < -0.39 is 14.9 Å². The van der Waals surface area contributed by atoms with Crippen molar-refractivity contribution in [1.82, 2.24) is 15.4 Å². The number of nitrogens with one attached hydrogen (secondary N) is 3. The van der Waals surface area contributed by atoms with E-state index in [0.29, 0.717) is 18.5 Å². The van der Waals surface area contributed by atoms with Gasteiger partial charge < -0.3 is 10.6 Å². The maximum atomic E-state index is 12.2. The SMILES string of the molecule is CN=C(NCCNS(=O)(=O)c1cccc([N+](=O)[O-])c1)NC1CC=CC1. The van der Waals surface area contributed by atoms with Gasteiger partial charge in [0.2, 0.25) is 10.0 Å². The number of aliphatic imine (C=N–C) groups is 1. The number of nitro groups is 1. The van der Waals surface area contributed by atoms with E-state index in [1.165, 1.54) is 18.2 Å². The van der Waals surface area contributed by atoms with E-state index in [1.54, 1.807) is 7.05 Å². The van der Waals surface area contributed by atoms with Crippen molar-refractivity contribution < 1.29 is 13.3 Å². The maximum Gasteiger partial charge on any atom is 0.270 e. The van der Waals surface area contributed by atoms with Gasteiger partial charge in [-0.1, -0.05) is 18.2 Å². The minimum Gasteiger partial charge on any atom is -0.355 e. The largest absolute Gasteiger partial charge is 0.355 e. The molecule has 0 amide bonds. The Balaban J connectivity index is 1.83. The molecule has 0 bridgehead atoms. The first kappa shape index (κ1) is 18.9. The van der Waals surface area contributed by atoms with Crippen LogP contribution in [0.2, 0.25) is 0 Å². The molecule has 0 heterocycles. The molecule has 0 saturated heterocycles. The summed E-state index contributed by atoms with van der Waals surface area (Å²) in [4.78, 5) is 14.1. The van der Waals surface area contributed by atoms with Crippen molar-refractivity contribution in [3.8, 4) is 0 Å². The predicted molar refractivity (Wildman–Crippen MR) is 94.9 cm³/mol. The highest BCUT2D eigenvalue weighted by atomic mass is 32.2. The summed E-state index contributed by atoms with van der Waals surface area (Å²) in [7, 11) is -2.16. The third kappa shape index (κ3) is 5.54. The Bertz CT molecular complexity index is 768. The number of guanidine groups is 1. The summed E-state index contributed by atoms with van der Waals surface area (Å²) >= 11 is 0. The second-order valence-corrected chi connectivity index (χ2v) is 7.20. The van der Waals surface area contributed by atoms with E-state index in [9.17, 15) is 18.5 Å². The van der Waals surface area contributed by atoms with E-state index in [2.05, 4.69) is 32.5 Å². The normalized spacial score (nSPS) is 15.3. The fourth-order valence-corrected chi connectivity index (χ4v) is 3.41. The number of hydrogen-bond acceptors (Lipinski definition) is 5. The van der Waals surface area contributed by atoms with E-state index in [-0.39, 0.29) is 17.1 Å². The van der Waals surface area contributed by atoms with Gasteiger partial charge in [-0.2, -0.15) is 0 Å². The van der Waals surface area contributed by atoms with Crippen molar-refractivity contribution >= 4 is 21.7 Å². The first-order valence-corrected chi connectivity index (χ1v) is 9.27. The third-order valence-electron chi connectivity index (χ3n) is 3.62. The molecule has 0 saturated carbocycles. The highest BCUT2D eigenvalue weighted by molar-refractivity contribution is 7.89. The summed E-state index contributed by atoms with van der Waals surface area (Å²) in [6, 6.07) is 5.23. The van der Waals surface area contributed by atoms with E-state index >= 15 is 0 Å². The summed E-state index contributed by atoms with van der Waals surface area (Å²) in [5, 5.41) is 17.0. The number of benzene rings is 1. The Hall–Kier alpha value is -2.46. The summed E-state index contributed by atoms with van der Waals surface area (Å²) in [5.74, 6) is 0.600. The van der Waals surface area contributed by atoms with E-state index in [4.69, 9.17) is 0 Å². The summed E-state index contributed by atoms with van der Waals surface area (Å²) < 4.78 is 26.8. The van der Waals surface area contributed by atoms with Crippen molar-refractivity contribution in [3.05, 3.63) is 46.5 Å². The lowest BCUT2D eigenvalue weighted by Gasteiger charge is -2.17. The van der Waals surface area contributed by atoms with Crippen LogP contribution in [0.15, 0.2) is 46.3 Å². The lowest BCUT2D eigenvalue weighted by atomic mass is 10.2. The van der Waals surface area contributed by atoms with Crippen LogP contribution in [0, 0.1) is 10.1 Å². The smallest absolute Gasteiger partial charge is 0.270 e. The molecule has 0 spiro atoms. The molecule has 0 radical (unpaired) electrons. The van der Waals surface area contributed by atoms with Gasteiger partial charge in [0.05, 0.1) is 9.82 Å². The minimum atomic E-state index is -3.81. The second-order valence-electron chi connectivity index (χ2n) is 5.44. The van der Waals surface area contributed by atoms with Crippen molar-refractivity contribution in [2.24, 2.45) is 4.99 Å². The van der Waals surface area contributed by atoms with Gasteiger partial charge in [0, 0.05) is 38.3 Å². The minimum absolute atomic E-state index is 0.120. The van der Waals surface area contributed by atoms with E-state index in [1.807, 2.05) is 0 Å². The topological polar surface area (TPSA) is 126 Å². The first-order valence-electron chi connectivity index (χ1n) is 7.78. The average molecular weight is 367 g/mol. The number of non-ortho nitro benzene ring substituents is 1. The molecule has 0 fully saturated rings. The molecule has 0 atom stereocenters. The fraction of sp³-hybridized carbons (Fsp3) is 0.400. The fourth-order valence-electron chi connectivity index (χ4n) is 2.34. The van der Waals surface area contributed by atoms with Crippen molar-refractivity contribution in [3.63, 3.8) is 0 Å². The molecule has 2 rings (SSSR count). The van der Waals surface area contributed by atoms with Gasteiger partial charge in [-0.25, -0.2) is 13.1 Å². The van der Waals surface area contributed by atoms with Crippen molar-refractivity contribution in [2.75, 3.05) is 20.1 Å². The van der Waals surface area contributed by atoms with Gasteiger partial charge in [0.15, 0.2) is 5.96 Å². The quantitative estimate of drug-likeness (QED) is 0.163. The third-order valence-corrected chi connectivity index (χ3v) is 5.08. The molecule has 0 aliphatic heterocycles. The monoisotopic (exact) mass is 367 g/mol. The molecule has 0 aromatic heterocycles. The van der Waals surface area contributed by atoms with Gasteiger partial charge in [0.1, 0.15) is 0 Å². The maximum absolute atomic E-state index is 12.2. The zero-order valence-corrected chi connectivity index (χ0v) is 14.6. The van der Waals surface area contributed by atoms with Crippen LogP contribution < -0.4 is 15.4 Å². The molecule has 10 heteroatoms. The Morgan fingerprint density at radius 3 is 2.68 bits per heavy atom. The summed E-state index contributed by atoms with van der Waals surface area (Å²) in [6.45, 7) is 0.447. The molecule has 1 aliphatic carbocycles. The first-order chi connectivity index (χ1) is 11.9. The Morgan fingerprint density at radius 2 is 2.04 bits per heavy atom. The van der Waals surface area contributed by atoms with Gasteiger partial charge in [0.25, 0.3) is 5.69 Å². The summed E-state index contributed by atoms with van der Waals surface area (Å²) in [6.07, 6.45) is 6.05. The lowest BCUT2D eigenvalue weighted by molar-refractivity contribution is -0.385. The molecule has 1 aliphatic rings.